The van der Waals surface area contributed by atoms with Gasteiger partial charge in [0.1, 0.15) is 24.4 Å². The number of carbonyl (C=O) groups is 2. The average molecular weight is 1030 g/mol. The van der Waals surface area contributed by atoms with Crippen LogP contribution in [-0.4, -0.2) is 99.6 Å². The molecule has 0 radical (unpaired) electrons. The summed E-state index contributed by atoms with van der Waals surface area (Å²) < 4.78 is 17.5. The summed E-state index contributed by atoms with van der Waals surface area (Å²) in [4.78, 5) is 26.4. The van der Waals surface area contributed by atoms with Gasteiger partial charge in [0.25, 0.3) is 0 Å². The monoisotopic (exact) mass is 1030 g/mol. The molecule has 73 heavy (non-hydrogen) atoms. The average Bonchev–Trinajstić information content (AvgIpc) is 3.39. The third-order valence-corrected chi connectivity index (χ3v) is 13.3. The fourth-order valence-electron chi connectivity index (χ4n) is 8.56. The molecule has 8 atom stereocenters. The van der Waals surface area contributed by atoms with Gasteiger partial charge < -0.3 is 45.1 Å². The van der Waals surface area contributed by atoms with E-state index < -0.39 is 67.4 Å². The first-order chi connectivity index (χ1) is 35.7. The number of unbranched alkanes of at least 4 members (excludes halogenated alkanes) is 23. The molecule has 11 heteroatoms. The largest absolute Gasteiger partial charge is 0.454 e. The SMILES string of the molecule is CCCCC/C=C\C/C=C\C/C=C\C/C=C\CCCCCCCC(=O)OC1C(OCC(NC(=O)C(O)C/C=C/C/C=C\CCCCCCCC)C(O)/C=C/CCCCCCCCCCC)OC(CO)C(O)C1O. The summed E-state index contributed by atoms with van der Waals surface area (Å²) in [6.07, 6.45) is 53.6. The van der Waals surface area contributed by atoms with Crippen molar-refractivity contribution in [2.24, 2.45) is 0 Å². The zero-order valence-electron chi connectivity index (χ0n) is 46.2. The Kier molecular flexibility index (Phi) is 46.2. The summed E-state index contributed by atoms with van der Waals surface area (Å²) in [6.45, 7) is 5.67. The number of aliphatic hydroxyl groups is 5. The highest BCUT2D eigenvalue weighted by molar-refractivity contribution is 5.81. The van der Waals surface area contributed by atoms with Crippen LogP contribution in [0.1, 0.15) is 233 Å². The quantitative estimate of drug-likeness (QED) is 0.0195. The topological polar surface area (TPSA) is 175 Å². The van der Waals surface area contributed by atoms with Gasteiger partial charge in [0.15, 0.2) is 12.4 Å². The Labute approximate surface area is 444 Å². The first kappa shape index (κ1) is 67.9. The summed E-state index contributed by atoms with van der Waals surface area (Å²) in [7, 11) is 0. The first-order valence-electron chi connectivity index (χ1n) is 29.4. The lowest BCUT2D eigenvalue weighted by molar-refractivity contribution is -0.305. The molecule has 11 nitrogen and oxygen atoms in total. The molecule has 1 fully saturated rings. The third-order valence-electron chi connectivity index (χ3n) is 13.3. The summed E-state index contributed by atoms with van der Waals surface area (Å²) in [5.41, 5.74) is 0. The van der Waals surface area contributed by atoms with E-state index in [0.717, 1.165) is 83.5 Å². The molecular formula is C62H107NO10. The number of esters is 1. The Morgan fingerprint density at radius 2 is 0.945 bits per heavy atom. The van der Waals surface area contributed by atoms with Crippen LogP contribution in [0.4, 0.5) is 0 Å². The van der Waals surface area contributed by atoms with Gasteiger partial charge in [-0.05, 0) is 83.5 Å². The molecule has 0 saturated carbocycles. The van der Waals surface area contributed by atoms with E-state index in [1.165, 1.54) is 103 Å². The normalized spacial score (nSPS) is 20.0. The van der Waals surface area contributed by atoms with Crippen LogP contribution in [0.3, 0.4) is 0 Å². The maximum absolute atomic E-state index is 13.3. The van der Waals surface area contributed by atoms with Crippen LogP contribution in [0.15, 0.2) is 85.1 Å². The predicted molar refractivity (Wildman–Crippen MR) is 301 cm³/mol. The minimum absolute atomic E-state index is 0.0767. The number of hydrogen-bond donors (Lipinski definition) is 6. The summed E-state index contributed by atoms with van der Waals surface area (Å²) in [5.74, 6) is -1.29. The van der Waals surface area contributed by atoms with Crippen molar-refractivity contribution in [2.45, 2.75) is 282 Å². The molecule has 0 bridgehead atoms. The number of carbonyl (C=O) groups excluding carboxylic acids is 2. The molecule has 1 rings (SSSR count). The van der Waals surface area contributed by atoms with Gasteiger partial charge in [-0.1, -0.05) is 221 Å². The molecule has 0 aliphatic carbocycles. The highest BCUT2D eigenvalue weighted by Crippen LogP contribution is 2.26. The Balaban J connectivity index is 2.72. The van der Waals surface area contributed by atoms with E-state index >= 15 is 0 Å². The van der Waals surface area contributed by atoms with Crippen LogP contribution in [0.5, 0.6) is 0 Å². The number of rotatable bonds is 48. The van der Waals surface area contributed by atoms with Crippen LogP contribution < -0.4 is 5.32 Å². The molecule has 1 saturated heterocycles. The Hall–Kier alpha value is -3.16. The second-order valence-electron chi connectivity index (χ2n) is 20.0. The summed E-state index contributed by atoms with van der Waals surface area (Å²) in [6, 6.07) is -1.06. The van der Waals surface area contributed by atoms with E-state index in [1.807, 2.05) is 12.2 Å². The maximum atomic E-state index is 13.3. The minimum Gasteiger partial charge on any atom is -0.454 e. The van der Waals surface area contributed by atoms with Gasteiger partial charge in [0, 0.05) is 12.8 Å². The zero-order valence-corrected chi connectivity index (χ0v) is 46.2. The van der Waals surface area contributed by atoms with E-state index in [9.17, 15) is 35.1 Å². The highest BCUT2D eigenvalue weighted by Gasteiger charge is 2.47. The second-order valence-corrected chi connectivity index (χ2v) is 20.0. The maximum Gasteiger partial charge on any atom is 0.306 e. The number of aliphatic hydroxyl groups excluding tert-OH is 5. The lowest BCUT2D eigenvalue weighted by Gasteiger charge is -2.41. The fourth-order valence-corrected chi connectivity index (χ4v) is 8.56. The van der Waals surface area contributed by atoms with Crippen molar-refractivity contribution in [1.29, 1.82) is 0 Å². The zero-order chi connectivity index (χ0) is 53.3. The Morgan fingerprint density at radius 1 is 0.534 bits per heavy atom. The molecule has 420 valence electrons. The van der Waals surface area contributed by atoms with Crippen molar-refractivity contribution in [2.75, 3.05) is 13.2 Å². The van der Waals surface area contributed by atoms with Gasteiger partial charge in [-0.15, -0.1) is 0 Å². The molecular weight excluding hydrogens is 919 g/mol. The van der Waals surface area contributed by atoms with Gasteiger partial charge >= 0.3 is 5.97 Å². The van der Waals surface area contributed by atoms with Gasteiger partial charge in [-0.25, -0.2) is 0 Å². The molecule has 8 unspecified atom stereocenters. The van der Waals surface area contributed by atoms with Crippen molar-refractivity contribution >= 4 is 11.9 Å². The van der Waals surface area contributed by atoms with E-state index in [4.69, 9.17) is 14.2 Å². The minimum atomic E-state index is -1.63. The lowest BCUT2D eigenvalue weighted by Crippen LogP contribution is -2.61. The highest BCUT2D eigenvalue weighted by atomic mass is 16.7. The Morgan fingerprint density at radius 3 is 1.44 bits per heavy atom. The van der Waals surface area contributed by atoms with Crippen molar-refractivity contribution in [1.82, 2.24) is 5.32 Å². The van der Waals surface area contributed by atoms with Crippen molar-refractivity contribution in [3.8, 4) is 0 Å². The van der Waals surface area contributed by atoms with Crippen LogP contribution in [0.25, 0.3) is 0 Å². The van der Waals surface area contributed by atoms with Crippen molar-refractivity contribution in [3.63, 3.8) is 0 Å². The molecule has 1 heterocycles. The molecule has 0 aromatic rings. The van der Waals surface area contributed by atoms with Gasteiger partial charge in [0.2, 0.25) is 5.91 Å². The predicted octanol–water partition coefficient (Wildman–Crippen LogP) is 13.4. The van der Waals surface area contributed by atoms with Crippen LogP contribution in [0.2, 0.25) is 0 Å². The van der Waals surface area contributed by atoms with E-state index in [-0.39, 0.29) is 19.4 Å². The number of hydrogen-bond acceptors (Lipinski definition) is 10. The molecule has 1 aliphatic rings. The molecule has 1 aliphatic heterocycles. The van der Waals surface area contributed by atoms with Gasteiger partial charge in [-0.3, -0.25) is 9.59 Å². The third kappa shape index (κ3) is 38.1. The standard InChI is InChI=1S/C62H107NO10/c1-4-7-10-13-16-19-22-24-25-26-27-28-29-30-31-32-35-38-41-44-47-50-57(67)73-60-59(69)58(68)56(51-64)72-62(60)71-52-53(54(65)48-45-42-39-36-33-21-18-15-12-9-6-3)63-61(70)55(66)49-46-43-40-37-34-23-20-17-14-11-8-5-2/h16,19,24-25,27-28,30-31,34,37,43,45-46,48,53-56,58-60,62,64-66,68-69H,4-15,17-18,20-23,26,29,32-33,35-36,38-42,44,47,49-52H2,1-3H3,(H,63,70)/b19-16-,25-24-,28-27-,31-30-,37-34-,46-43+,48-45+. The van der Waals surface area contributed by atoms with Crippen molar-refractivity contribution in [3.05, 3.63) is 85.1 Å². The smallest absolute Gasteiger partial charge is 0.306 e. The van der Waals surface area contributed by atoms with Crippen LogP contribution >= 0.6 is 0 Å². The van der Waals surface area contributed by atoms with E-state index in [1.54, 1.807) is 12.2 Å². The summed E-state index contributed by atoms with van der Waals surface area (Å²) >= 11 is 0. The van der Waals surface area contributed by atoms with Crippen LogP contribution in [0, 0.1) is 0 Å². The summed E-state index contributed by atoms with van der Waals surface area (Å²) in [5, 5.41) is 56.6. The van der Waals surface area contributed by atoms with E-state index in [2.05, 4.69) is 86.8 Å². The first-order valence-corrected chi connectivity index (χ1v) is 29.4. The van der Waals surface area contributed by atoms with Gasteiger partial charge in [-0.2, -0.15) is 0 Å². The van der Waals surface area contributed by atoms with Crippen LogP contribution in [-0.2, 0) is 23.8 Å². The molecule has 0 aromatic carbocycles. The molecule has 1 amide bonds. The molecule has 0 spiro atoms. The van der Waals surface area contributed by atoms with Crippen molar-refractivity contribution < 1.29 is 49.3 Å². The van der Waals surface area contributed by atoms with Gasteiger partial charge in [0.05, 0.1) is 25.4 Å². The number of allylic oxidation sites excluding steroid dienone is 12. The fraction of sp³-hybridized carbons (Fsp3) is 0.742. The Bertz CT molecular complexity index is 1510. The van der Waals surface area contributed by atoms with E-state index in [0.29, 0.717) is 12.8 Å². The molecule has 0 aromatic heterocycles. The number of amides is 1. The number of nitrogens with one attached hydrogen (secondary N) is 1. The second kappa shape index (κ2) is 49.7. The number of ether oxygens (including phenoxy) is 3. The lowest BCUT2D eigenvalue weighted by atomic mass is 9.99. The molecule has 6 N–H and O–H groups in total.